The highest BCUT2D eigenvalue weighted by Crippen LogP contribution is 2.56. The minimum absolute atomic E-state index is 0.178. The molecule has 1 aliphatic rings. The van der Waals surface area contributed by atoms with Crippen LogP contribution in [0.2, 0.25) is 0 Å². The van der Waals surface area contributed by atoms with Gasteiger partial charge in [0, 0.05) is 5.56 Å². The predicted molar refractivity (Wildman–Crippen MR) is 185 cm³/mol. The number of pyridine rings is 2. The lowest BCUT2D eigenvalue weighted by atomic mass is 9.67. The van der Waals surface area contributed by atoms with Crippen molar-refractivity contribution < 1.29 is 10.0 Å². The van der Waals surface area contributed by atoms with Crippen LogP contribution in [0.5, 0.6) is 0 Å². The molecule has 0 saturated carbocycles. The van der Waals surface area contributed by atoms with Crippen molar-refractivity contribution in [1.82, 2.24) is 9.97 Å². The summed E-state index contributed by atoms with van der Waals surface area (Å²) >= 11 is 0. The van der Waals surface area contributed by atoms with Gasteiger partial charge in [-0.1, -0.05) is 133 Å². The first kappa shape index (κ1) is 27.9. The number of fused-ring (bicyclic) bond motifs is 3. The zero-order valence-electron chi connectivity index (χ0n) is 25.0. The van der Waals surface area contributed by atoms with E-state index in [0.717, 1.165) is 22.4 Å². The molecule has 0 radical (unpaired) electrons. The van der Waals surface area contributed by atoms with Gasteiger partial charge in [0.05, 0.1) is 28.1 Å². The van der Waals surface area contributed by atoms with Crippen LogP contribution in [0.3, 0.4) is 0 Å². The molecule has 2 aromatic heterocycles. The van der Waals surface area contributed by atoms with E-state index in [9.17, 15) is 10.0 Å². The van der Waals surface area contributed by atoms with E-state index < -0.39 is 12.5 Å². The molecule has 0 aliphatic heterocycles. The fourth-order valence-corrected chi connectivity index (χ4v) is 6.95. The third kappa shape index (κ3) is 4.57. The topological polar surface area (TPSA) is 66.2 Å². The lowest BCUT2D eigenvalue weighted by molar-refractivity contribution is 0.424. The molecule has 0 saturated heterocycles. The van der Waals surface area contributed by atoms with E-state index in [1.165, 1.54) is 33.4 Å². The van der Waals surface area contributed by atoms with Crippen molar-refractivity contribution in [2.24, 2.45) is 0 Å². The summed E-state index contributed by atoms with van der Waals surface area (Å²) in [4.78, 5) is 9.54. The SMILES string of the molecule is OB(O)c1cccc(-c2cc(-c3ccc4c(c3)C(c3ccccc3)(c3ccccc3)c3ccccc3-4)cc(-c3ccccc3)n2)n1. The molecule has 0 atom stereocenters. The van der Waals surface area contributed by atoms with E-state index in [1.54, 1.807) is 12.1 Å². The van der Waals surface area contributed by atoms with Crippen LogP contribution in [0.4, 0.5) is 0 Å². The Morgan fingerprint density at radius 1 is 0.413 bits per heavy atom. The lowest BCUT2D eigenvalue weighted by Crippen LogP contribution is -2.32. The van der Waals surface area contributed by atoms with Gasteiger partial charge in [0.25, 0.3) is 0 Å². The number of benzene rings is 5. The Hall–Kier alpha value is -5.62. The van der Waals surface area contributed by atoms with E-state index in [4.69, 9.17) is 4.98 Å². The summed E-state index contributed by atoms with van der Waals surface area (Å²) in [6.45, 7) is 0. The standard InChI is InChI=1S/C41H29BN2O2/c45-42(46)40-22-12-21-37(44-40)39-27-30(26-38(43-39)28-13-4-1-5-14-28)29-23-24-34-33-19-10-11-20-35(33)41(36(34)25-29,31-15-6-2-7-16-31)32-17-8-3-9-18-32/h1-27,45-46H. The van der Waals surface area contributed by atoms with E-state index in [-0.39, 0.29) is 5.59 Å². The number of nitrogens with zero attached hydrogens (tertiary/aromatic N) is 2. The van der Waals surface area contributed by atoms with Crippen molar-refractivity contribution in [2.75, 3.05) is 0 Å². The van der Waals surface area contributed by atoms with Crippen molar-refractivity contribution in [3.05, 3.63) is 186 Å². The molecular formula is C41H29BN2O2. The smallest absolute Gasteiger partial charge is 0.422 e. The molecular weight excluding hydrogens is 563 g/mol. The Kier molecular flexibility index (Phi) is 6.91. The van der Waals surface area contributed by atoms with Crippen LogP contribution in [-0.2, 0) is 5.41 Å². The van der Waals surface area contributed by atoms with E-state index in [0.29, 0.717) is 11.4 Å². The highest BCUT2D eigenvalue weighted by atomic mass is 16.4. The molecule has 5 aromatic carbocycles. The normalized spacial score (nSPS) is 12.7. The molecule has 0 unspecified atom stereocenters. The summed E-state index contributed by atoms with van der Waals surface area (Å²) in [6.07, 6.45) is 0. The Labute approximate surface area is 268 Å². The van der Waals surface area contributed by atoms with Crippen LogP contribution >= 0.6 is 0 Å². The number of aromatic nitrogens is 2. The van der Waals surface area contributed by atoms with Crippen molar-refractivity contribution in [1.29, 1.82) is 0 Å². The van der Waals surface area contributed by atoms with Crippen LogP contribution < -0.4 is 5.59 Å². The van der Waals surface area contributed by atoms with Crippen molar-refractivity contribution in [3.8, 4) is 44.9 Å². The molecule has 5 heteroatoms. The minimum atomic E-state index is -1.67. The molecule has 8 rings (SSSR count). The Morgan fingerprint density at radius 3 is 1.72 bits per heavy atom. The van der Waals surface area contributed by atoms with Crippen LogP contribution in [0.15, 0.2) is 164 Å². The molecule has 2 N–H and O–H groups in total. The highest BCUT2D eigenvalue weighted by molar-refractivity contribution is 6.57. The van der Waals surface area contributed by atoms with Gasteiger partial charge in [-0.05, 0) is 74.8 Å². The minimum Gasteiger partial charge on any atom is -0.422 e. The molecule has 4 nitrogen and oxygen atoms in total. The maximum Gasteiger partial charge on any atom is 0.508 e. The number of hydrogen-bond acceptors (Lipinski definition) is 4. The zero-order valence-corrected chi connectivity index (χ0v) is 25.0. The molecule has 46 heavy (non-hydrogen) atoms. The molecule has 2 heterocycles. The monoisotopic (exact) mass is 592 g/mol. The maximum absolute atomic E-state index is 9.83. The third-order valence-electron chi connectivity index (χ3n) is 8.98. The maximum atomic E-state index is 9.83. The first-order valence-corrected chi connectivity index (χ1v) is 15.4. The molecule has 0 amide bonds. The summed E-state index contributed by atoms with van der Waals surface area (Å²) in [5.41, 5.74) is 12.1. The fourth-order valence-electron chi connectivity index (χ4n) is 6.95. The van der Waals surface area contributed by atoms with Gasteiger partial charge >= 0.3 is 7.12 Å². The fraction of sp³-hybridized carbons (Fsp3) is 0.0244. The van der Waals surface area contributed by atoms with Crippen LogP contribution in [0, 0.1) is 0 Å². The second-order valence-electron chi connectivity index (χ2n) is 11.6. The molecule has 0 spiro atoms. The second kappa shape index (κ2) is 11.4. The van der Waals surface area contributed by atoms with E-state index in [2.05, 4.69) is 114 Å². The molecule has 1 aliphatic carbocycles. The summed E-state index contributed by atoms with van der Waals surface area (Å²) in [5, 5.41) is 19.7. The number of hydrogen-bond donors (Lipinski definition) is 2. The van der Waals surface area contributed by atoms with Crippen LogP contribution in [0.1, 0.15) is 22.3 Å². The lowest BCUT2D eigenvalue weighted by Gasteiger charge is -2.34. The van der Waals surface area contributed by atoms with Gasteiger partial charge in [-0.2, -0.15) is 0 Å². The van der Waals surface area contributed by atoms with E-state index >= 15 is 0 Å². The highest BCUT2D eigenvalue weighted by Gasteiger charge is 2.46. The Morgan fingerprint density at radius 2 is 1.02 bits per heavy atom. The van der Waals surface area contributed by atoms with Gasteiger partial charge in [-0.25, -0.2) is 4.98 Å². The zero-order chi connectivity index (χ0) is 31.1. The van der Waals surface area contributed by atoms with Gasteiger partial charge in [0.15, 0.2) is 0 Å². The summed E-state index contributed by atoms with van der Waals surface area (Å²) in [6, 6.07) is 56.6. The first-order chi connectivity index (χ1) is 22.6. The second-order valence-corrected chi connectivity index (χ2v) is 11.6. The van der Waals surface area contributed by atoms with Crippen LogP contribution in [0.25, 0.3) is 44.9 Å². The van der Waals surface area contributed by atoms with Crippen molar-refractivity contribution in [3.63, 3.8) is 0 Å². The van der Waals surface area contributed by atoms with Gasteiger partial charge in [0.2, 0.25) is 0 Å². The summed E-state index contributed by atoms with van der Waals surface area (Å²) in [7, 11) is -1.67. The average Bonchev–Trinajstić information content (AvgIpc) is 3.43. The largest absolute Gasteiger partial charge is 0.508 e. The van der Waals surface area contributed by atoms with Crippen molar-refractivity contribution in [2.45, 2.75) is 5.41 Å². The predicted octanol–water partition coefficient (Wildman–Crippen LogP) is 7.52. The summed E-state index contributed by atoms with van der Waals surface area (Å²) in [5.74, 6) is 0. The third-order valence-corrected chi connectivity index (χ3v) is 8.98. The van der Waals surface area contributed by atoms with Gasteiger partial charge in [-0.15, -0.1) is 0 Å². The average molecular weight is 593 g/mol. The number of rotatable bonds is 6. The molecule has 0 bridgehead atoms. The molecule has 218 valence electrons. The first-order valence-electron chi connectivity index (χ1n) is 15.4. The van der Waals surface area contributed by atoms with Crippen LogP contribution in [-0.4, -0.2) is 27.1 Å². The van der Waals surface area contributed by atoms with Gasteiger partial charge in [-0.3, -0.25) is 4.98 Å². The molecule has 0 fully saturated rings. The quantitative estimate of drug-likeness (QED) is 0.196. The van der Waals surface area contributed by atoms with E-state index in [1.807, 2.05) is 42.5 Å². The van der Waals surface area contributed by atoms with Gasteiger partial charge in [0.1, 0.15) is 0 Å². The Balaban J connectivity index is 1.39. The molecule has 7 aromatic rings. The Bertz CT molecular complexity index is 2150. The van der Waals surface area contributed by atoms with Crippen molar-refractivity contribution >= 4 is 12.7 Å². The summed E-state index contributed by atoms with van der Waals surface area (Å²) < 4.78 is 0. The van der Waals surface area contributed by atoms with Gasteiger partial charge < -0.3 is 10.0 Å².